The van der Waals surface area contributed by atoms with Crippen molar-refractivity contribution in [1.29, 1.82) is 0 Å². The molecular formula is C89H169NO5. The number of esters is 1. The molecular weight excluding hydrogens is 1160 g/mol. The zero-order valence-corrected chi connectivity index (χ0v) is 64.4. The number of aliphatic hydroxyl groups excluding tert-OH is 2. The van der Waals surface area contributed by atoms with Crippen LogP contribution in [0.5, 0.6) is 0 Å². The lowest BCUT2D eigenvalue weighted by Crippen LogP contribution is -2.45. The second-order valence-corrected chi connectivity index (χ2v) is 29.9. The third kappa shape index (κ3) is 80.7. The molecule has 0 saturated heterocycles. The van der Waals surface area contributed by atoms with Crippen LogP contribution in [0.25, 0.3) is 0 Å². The molecule has 3 N–H and O–H groups in total. The van der Waals surface area contributed by atoms with Gasteiger partial charge in [-0.2, -0.15) is 0 Å². The molecule has 2 unspecified atom stereocenters. The largest absolute Gasteiger partial charge is 0.466 e. The molecule has 0 fully saturated rings. The highest BCUT2D eigenvalue weighted by molar-refractivity contribution is 5.76. The van der Waals surface area contributed by atoms with Crippen LogP contribution >= 0.6 is 0 Å². The molecule has 0 radical (unpaired) electrons. The molecule has 1 amide bonds. The molecule has 0 bridgehead atoms. The van der Waals surface area contributed by atoms with Crippen LogP contribution in [0.15, 0.2) is 48.6 Å². The van der Waals surface area contributed by atoms with E-state index in [0.717, 1.165) is 51.4 Å². The number of carbonyl (C=O) groups is 2. The lowest BCUT2D eigenvalue weighted by molar-refractivity contribution is -0.143. The number of rotatable bonds is 82. The highest BCUT2D eigenvalue weighted by Crippen LogP contribution is 2.20. The molecule has 0 aliphatic carbocycles. The Morgan fingerprint density at radius 3 is 0.832 bits per heavy atom. The van der Waals surface area contributed by atoms with Crippen LogP contribution in [0.3, 0.4) is 0 Å². The topological polar surface area (TPSA) is 95.9 Å². The molecule has 0 aromatic carbocycles. The Morgan fingerprint density at radius 2 is 0.526 bits per heavy atom. The smallest absolute Gasteiger partial charge is 0.305 e. The molecule has 0 aromatic rings. The number of carbonyl (C=O) groups excluding carboxylic acids is 2. The van der Waals surface area contributed by atoms with Crippen molar-refractivity contribution in [3.63, 3.8) is 0 Å². The number of allylic oxidation sites excluding steroid dienone is 7. The van der Waals surface area contributed by atoms with E-state index in [-0.39, 0.29) is 18.5 Å². The summed E-state index contributed by atoms with van der Waals surface area (Å²) < 4.78 is 5.52. The van der Waals surface area contributed by atoms with Crippen LogP contribution < -0.4 is 5.32 Å². The summed E-state index contributed by atoms with van der Waals surface area (Å²) in [7, 11) is 0. The normalized spacial score (nSPS) is 12.7. The average Bonchev–Trinajstić information content (AvgIpc) is 2.97. The summed E-state index contributed by atoms with van der Waals surface area (Å²) in [4.78, 5) is 24.7. The monoisotopic (exact) mass is 1330 g/mol. The predicted molar refractivity (Wildman–Crippen MR) is 421 cm³/mol. The van der Waals surface area contributed by atoms with Crippen molar-refractivity contribution in [1.82, 2.24) is 5.32 Å². The molecule has 0 aliphatic heterocycles. The maximum absolute atomic E-state index is 12.6. The van der Waals surface area contributed by atoms with Crippen molar-refractivity contribution in [2.45, 2.75) is 495 Å². The van der Waals surface area contributed by atoms with Crippen molar-refractivity contribution in [2.24, 2.45) is 0 Å². The first-order chi connectivity index (χ1) is 47.0. The lowest BCUT2D eigenvalue weighted by Gasteiger charge is -2.20. The first-order valence-corrected chi connectivity index (χ1v) is 43.4. The summed E-state index contributed by atoms with van der Waals surface area (Å²) in [5.74, 6) is -0.0422. The second-order valence-electron chi connectivity index (χ2n) is 29.9. The molecule has 560 valence electrons. The minimum atomic E-state index is -0.844. The summed E-state index contributed by atoms with van der Waals surface area (Å²) >= 11 is 0. The van der Waals surface area contributed by atoms with E-state index in [4.69, 9.17) is 4.74 Å². The Hall–Kier alpha value is -2.18. The highest BCUT2D eigenvalue weighted by Gasteiger charge is 2.18. The number of unbranched alkanes of at least 4 members (excludes halogenated alkanes) is 65. The van der Waals surface area contributed by atoms with Gasteiger partial charge in [0.25, 0.3) is 0 Å². The Kier molecular flexibility index (Phi) is 82.3. The lowest BCUT2D eigenvalue weighted by atomic mass is 10.0. The fraction of sp³-hybridized carbons (Fsp3) is 0.888. The number of amides is 1. The fourth-order valence-electron chi connectivity index (χ4n) is 13.7. The van der Waals surface area contributed by atoms with Crippen LogP contribution in [0.4, 0.5) is 0 Å². The molecule has 0 spiro atoms. The molecule has 0 aliphatic rings. The number of aliphatic hydroxyl groups is 2. The maximum Gasteiger partial charge on any atom is 0.305 e. The van der Waals surface area contributed by atoms with Crippen molar-refractivity contribution >= 4 is 11.9 Å². The van der Waals surface area contributed by atoms with Gasteiger partial charge in [0.15, 0.2) is 0 Å². The van der Waals surface area contributed by atoms with Crippen molar-refractivity contribution in [2.75, 3.05) is 13.2 Å². The van der Waals surface area contributed by atoms with Crippen molar-refractivity contribution in [3.05, 3.63) is 48.6 Å². The molecule has 6 heteroatoms. The Labute approximate surface area is 595 Å². The Bertz CT molecular complexity index is 1590. The third-order valence-electron chi connectivity index (χ3n) is 20.3. The van der Waals surface area contributed by atoms with Gasteiger partial charge in [-0.05, 0) is 89.9 Å². The van der Waals surface area contributed by atoms with Gasteiger partial charge >= 0.3 is 5.97 Å². The zero-order chi connectivity index (χ0) is 68.4. The van der Waals surface area contributed by atoms with Crippen molar-refractivity contribution < 1.29 is 24.5 Å². The standard InChI is InChI=1S/C89H169NO5/c1-3-5-7-9-11-13-15-17-19-21-23-24-25-39-42-46-49-53-57-61-65-69-73-77-81-87(92)86(85-91)90-88(93)82-78-74-70-66-62-58-54-50-47-43-40-37-35-33-31-29-27-26-28-30-32-34-36-38-41-44-48-52-56-60-64-68-72-76-80-84-95-89(94)83-79-75-71-67-63-59-55-51-45-22-20-18-16-14-12-10-8-6-4-2/h12,14,18,20,28,30,77,81,86-87,91-92H,3-11,13,15-17,19,21-27,29,31-76,78-80,82-85H2,1-2H3,(H,90,93)/b14-12-,20-18-,30-28-,81-77+. The van der Waals surface area contributed by atoms with Crippen LogP contribution in [0, 0.1) is 0 Å². The van der Waals surface area contributed by atoms with Gasteiger partial charge in [0, 0.05) is 12.8 Å². The van der Waals surface area contributed by atoms with Gasteiger partial charge in [-0.15, -0.1) is 0 Å². The Balaban J connectivity index is 3.36. The molecule has 0 saturated carbocycles. The second kappa shape index (κ2) is 84.2. The zero-order valence-electron chi connectivity index (χ0n) is 64.4. The summed E-state index contributed by atoms with van der Waals surface area (Å²) in [6, 6.07) is -0.627. The van der Waals surface area contributed by atoms with Crippen LogP contribution in [0.2, 0.25) is 0 Å². The third-order valence-corrected chi connectivity index (χ3v) is 20.3. The fourth-order valence-corrected chi connectivity index (χ4v) is 13.7. The first-order valence-electron chi connectivity index (χ1n) is 43.4. The van der Waals surface area contributed by atoms with E-state index in [2.05, 4.69) is 55.6 Å². The molecule has 0 aromatic heterocycles. The van der Waals surface area contributed by atoms with Gasteiger partial charge in [0.1, 0.15) is 0 Å². The summed E-state index contributed by atoms with van der Waals surface area (Å²) in [5, 5.41) is 23.3. The molecule has 2 atom stereocenters. The van der Waals surface area contributed by atoms with Crippen LogP contribution in [-0.2, 0) is 14.3 Å². The van der Waals surface area contributed by atoms with E-state index in [1.807, 2.05) is 6.08 Å². The molecule has 95 heavy (non-hydrogen) atoms. The van der Waals surface area contributed by atoms with E-state index in [1.54, 1.807) is 6.08 Å². The predicted octanol–water partition coefficient (Wildman–Crippen LogP) is 29.1. The van der Waals surface area contributed by atoms with Crippen LogP contribution in [0.1, 0.15) is 483 Å². The van der Waals surface area contributed by atoms with E-state index in [0.29, 0.717) is 19.4 Å². The first kappa shape index (κ1) is 92.8. The summed E-state index contributed by atoms with van der Waals surface area (Å²) in [6.45, 7) is 4.93. The van der Waals surface area contributed by atoms with E-state index >= 15 is 0 Å². The molecule has 0 rings (SSSR count). The molecule has 6 nitrogen and oxygen atoms in total. The van der Waals surface area contributed by atoms with E-state index in [9.17, 15) is 19.8 Å². The SMILES string of the molecule is CCCCC/C=C\C/C=C\CCCCCCCCCCCC(=O)OCCCCCCCCCCCCCCCC/C=C\CCCCCCCCCCCCCCCCCCCC(=O)NC(CO)C(O)/C=C/CCCCCCCCCCCCCCCCCCCCCCCC. The van der Waals surface area contributed by atoms with Gasteiger partial charge in [0.2, 0.25) is 5.91 Å². The number of hydrogen-bond acceptors (Lipinski definition) is 5. The number of ether oxygens (including phenoxy) is 1. The number of nitrogens with one attached hydrogen (secondary N) is 1. The highest BCUT2D eigenvalue weighted by atomic mass is 16.5. The minimum absolute atomic E-state index is 0.0170. The number of hydrogen-bond donors (Lipinski definition) is 3. The quantitative estimate of drug-likeness (QED) is 0.0320. The van der Waals surface area contributed by atoms with E-state index in [1.165, 1.54) is 405 Å². The average molecular weight is 1330 g/mol. The van der Waals surface area contributed by atoms with Crippen LogP contribution in [-0.4, -0.2) is 47.4 Å². The minimum Gasteiger partial charge on any atom is -0.466 e. The van der Waals surface area contributed by atoms with E-state index < -0.39 is 12.1 Å². The van der Waals surface area contributed by atoms with Gasteiger partial charge in [-0.1, -0.05) is 428 Å². The molecule has 0 heterocycles. The summed E-state index contributed by atoms with van der Waals surface area (Å²) in [5.41, 5.74) is 0. The Morgan fingerprint density at radius 1 is 0.295 bits per heavy atom. The maximum atomic E-state index is 12.6. The van der Waals surface area contributed by atoms with Gasteiger partial charge in [-0.25, -0.2) is 0 Å². The van der Waals surface area contributed by atoms with Crippen molar-refractivity contribution in [3.8, 4) is 0 Å². The summed E-state index contributed by atoms with van der Waals surface area (Å²) in [6.07, 6.45) is 113. The van der Waals surface area contributed by atoms with Gasteiger partial charge in [0.05, 0.1) is 25.4 Å². The van der Waals surface area contributed by atoms with Gasteiger partial charge in [-0.3, -0.25) is 9.59 Å². The van der Waals surface area contributed by atoms with Gasteiger partial charge < -0.3 is 20.3 Å².